The van der Waals surface area contributed by atoms with E-state index in [0.29, 0.717) is 24.5 Å². The molecule has 1 saturated heterocycles. The molecule has 0 aliphatic carbocycles. The van der Waals surface area contributed by atoms with Crippen molar-refractivity contribution in [2.75, 3.05) is 23.7 Å². The van der Waals surface area contributed by atoms with Gasteiger partial charge < -0.3 is 15.1 Å². The van der Waals surface area contributed by atoms with E-state index in [1.54, 1.807) is 42.5 Å². The molecule has 31 heavy (non-hydrogen) atoms. The highest BCUT2D eigenvalue weighted by Crippen LogP contribution is 2.24. The fraction of sp³-hybridized carbons (Fsp3) is 0.182. The van der Waals surface area contributed by atoms with Crippen molar-refractivity contribution in [1.82, 2.24) is 4.31 Å². The molecule has 9 heteroatoms. The highest BCUT2D eigenvalue weighted by Gasteiger charge is 2.27. The lowest BCUT2D eigenvalue weighted by molar-refractivity contribution is 0.0996. The van der Waals surface area contributed by atoms with Crippen LogP contribution >= 0.6 is 0 Å². The van der Waals surface area contributed by atoms with Gasteiger partial charge in [-0.25, -0.2) is 8.42 Å². The first kappa shape index (κ1) is 20.8. The Hall–Kier alpha value is -3.43. The van der Waals surface area contributed by atoms with Crippen molar-refractivity contribution in [3.05, 3.63) is 78.3 Å². The molecule has 1 aliphatic rings. The summed E-state index contributed by atoms with van der Waals surface area (Å²) in [6, 6.07) is 15.8. The topological polar surface area (TPSA) is 109 Å². The van der Waals surface area contributed by atoms with Crippen LogP contribution in [0.3, 0.4) is 0 Å². The third-order valence-electron chi connectivity index (χ3n) is 4.96. The highest BCUT2D eigenvalue weighted by atomic mass is 32.2. The van der Waals surface area contributed by atoms with E-state index in [4.69, 9.17) is 4.42 Å². The van der Waals surface area contributed by atoms with Crippen molar-refractivity contribution in [3.63, 3.8) is 0 Å². The predicted molar refractivity (Wildman–Crippen MR) is 115 cm³/mol. The first-order valence-electron chi connectivity index (χ1n) is 9.80. The Bertz CT molecular complexity index is 1200. The number of hydrogen-bond acceptors (Lipinski definition) is 5. The number of benzene rings is 2. The minimum absolute atomic E-state index is 0.120. The molecular weight excluding hydrogens is 418 g/mol. The van der Waals surface area contributed by atoms with E-state index in [0.717, 1.165) is 12.8 Å². The van der Waals surface area contributed by atoms with E-state index in [1.165, 1.54) is 28.8 Å². The zero-order valence-electron chi connectivity index (χ0n) is 16.6. The van der Waals surface area contributed by atoms with E-state index < -0.39 is 21.8 Å². The molecule has 8 nitrogen and oxygen atoms in total. The lowest BCUT2D eigenvalue weighted by atomic mass is 10.1. The van der Waals surface area contributed by atoms with Crippen LogP contribution in [0, 0.1) is 0 Å². The summed E-state index contributed by atoms with van der Waals surface area (Å²) in [6.45, 7) is 1.00. The number of nitrogens with zero attached hydrogens (tertiary/aromatic N) is 1. The molecule has 2 N–H and O–H groups in total. The SMILES string of the molecule is O=C(Nc1ccccc1C(=O)Nc1cccc(S(=O)(=O)N2CCCC2)c1)c1ccco1. The largest absolute Gasteiger partial charge is 0.459 e. The predicted octanol–water partition coefficient (Wildman–Crippen LogP) is 3.57. The van der Waals surface area contributed by atoms with Gasteiger partial charge >= 0.3 is 0 Å². The lowest BCUT2D eigenvalue weighted by Crippen LogP contribution is -2.28. The number of rotatable bonds is 6. The van der Waals surface area contributed by atoms with Crippen LogP contribution in [0.5, 0.6) is 0 Å². The molecule has 1 aromatic heterocycles. The fourth-order valence-corrected chi connectivity index (χ4v) is 4.96. The summed E-state index contributed by atoms with van der Waals surface area (Å²) in [5, 5.41) is 5.37. The van der Waals surface area contributed by atoms with Gasteiger partial charge in [-0.3, -0.25) is 9.59 Å². The Balaban J connectivity index is 1.53. The average molecular weight is 439 g/mol. The molecule has 0 radical (unpaired) electrons. The van der Waals surface area contributed by atoms with E-state index in [1.807, 2.05) is 0 Å². The van der Waals surface area contributed by atoms with Crippen LogP contribution in [-0.2, 0) is 10.0 Å². The van der Waals surface area contributed by atoms with Crippen LogP contribution in [-0.4, -0.2) is 37.6 Å². The summed E-state index contributed by atoms with van der Waals surface area (Å²) in [5.41, 5.74) is 0.884. The number of sulfonamides is 1. The molecule has 0 saturated carbocycles. The van der Waals surface area contributed by atoms with Gasteiger partial charge in [0.05, 0.1) is 22.4 Å². The zero-order valence-corrected chi connectivity index (χ0v) is 17.4. The molecule has 0 spiro atoms. The molecule has 3 aromatic rings. The number of carbonyl (C=O) groups is 2. The maximum absolute atomic E-state index is 12.9. The second-order valence-electron chi connectivity index (χ2n) is 7.07. The number of carbonyl (C=O) groups excluding carboxylic acids is 2. The van der Waals surface area contributed by atoms with Crippen molar-refractivity contribution >= 4 is 33.2 Å². The first-order valence-corrected chi connectivity index (χ1v) is 11.2. The van der Waals surface area contributed by atoms with Gasteiger partial charge in [0.1, 0.15) is 0 Å². The summed E-state index contributed by atoms with van der Waals surface area (Å²) in [7, 11) is -3.60. The van der Waals surface area contributed by atoms with E-state index in [9.17, 15) is 18.0 Å². The van der Waals surface area contributed by atoms with Crippen LogP contribution in [0.25, 0.3) is 0 Å². The average Bonchev–Trinajstić information content (AvgIpc) is 3.49. The Morgan fingerprint density at radius 2 is 1.65 bits per heavy atom. The lowest BCUT2D eigenvalue weighted by Gasteiger charge is -2.16. The van der Waals surface area contributed by atoms with Gasteiger partial charge in [-0.15, -0.1) is 0 Å². The molecule has 4 rings (SSSR count). The minimum atomic E-state index is -3.60. The van der Waals surface area contributed by atoms with Crippen molar-refractivity contribution in [2.45, 2.75) is 17.7 Å². The van der Waals surface area contributed by atoms with Crippen LogP contribution < -0.4 is 10.6 Å². The minimum Gasteiger partial charge on any atom is -0.459 e. The van der Waals surface area contributed by atoms with Crippen molar-refractivity contribution in [2.24, 2.45) is 0 Å². The summed E-state index contributed by atoms with van der Waals surface area (Å²) in [6.07, 6.45) is 3.07. The second kappa shape index (κ2) is 8.75. The smallest absolute Gasteiger partial charge is 0.291 e. The standard InChI is InChI=1S/C22H21N3O5S/c26-21(18-9-1-2-10-19(18)24-22(27)20-11-6-14-30-20)23-16-7-5-8-17(15-16)31(28,29)25-12-3-4-13-25/h1-2,5-11,14-15H,3-4,12-13H2,(H,23,26)(H,24,27). The van der Waals surface area contributed by atoms with E-state index in [-0.39, 0.29) is 16.2 Å². The van der Waals surface area contributed by atoms with Gasteiger partial charge in [0, 0.05) is 18.8 Å². The van der Waals surface area contributed by atoms with Gasteiger partial charge in [0.25, 0.3) is 11.8 Å². The van der Waals surface area contributed by atoms with Crippen LogP contribution in [0.4, 0.5) is 11.4 Å². The third-order valence-corrected chi connectivity index (χ3v) is 6.85. The molecule has 2 amide bonds. The molecule has 160 valence electrons. The first-order chi connectivity index (χ1) is 14.9. The van der Waals surface area contributed by atoms with Crippen molar-refractivity contribution in [3.8, 4) is 0 Å². The van der Waals surface area contributed by atoms with Gasteiger partial charge in [-0.2, -0.15) is 4.31 Å². The number of furan rings is 1. The third kappa shape index (κ3) is 4.52. The number of para-hydroxylation sites is 1. The Kier molecular flexibility index (Phi) is 5.88. The van der Waals surface area contributed by atoms with E-state index in [2.05, 4.69) is 10.6 Å². The van der Waals surface area contributed by atoms with Crippen molar-refractivity contribution in [1.29, 1.82) is 0 Å². The molecule has 0 atom stereocenters. The second-order valence-corrected chi connectivity index (χ2v) is 9.01. The maximum atomic E-state index is 12.9. The molecule has 1 fully saturated rings. The normalized spacial score (nSPS) is 14.3. The molecular formula is C22H21N3O5S. The fourth-order valence-electron chi connectivity index (χ4n) is 3.39. The number of nitrogens with one attached hydrogen (secondary N) is 2. The van der Waals surface area contributed by atoms with Gasteiger partial charge in [-0.1, -0.05) is 18.2 Å². The van der Waals surface area contributed by atoms with Gasteiger partial charge in [0.2, 0.25) is 10.0 Å². The van der Waals surface area contributed by atoms with Gasteiger partial charge in [-0.05, 0) is 55.3 Å². The van der Waals surface area contributed by atoms with Crippen LogP contribution in [0.15, 0.2) is 76.2 Å². The van der Waals surface area contributed by atoms with E-state index >= 15 is 0 Å². The van der Waals surface area contributed by atoms with Gasteiger partial charge in [0.15, 0.2) is 5.76 Å². The monoisotopic (exact) mass is 439 g/mol. The highest BCUT2D eigenvalue weighted by molar-refractivity contribution is 7.89. The summed E-state index contributed by atoms with van der Waals surface area (Å²) < 4.78 is 32.1. The van der Waals surface area contributed by atoms with Crippen molar-refractivity contribution < 1.29 is 22.4 Å². The Labute approximate surface area is 179 Å². The molecule has 0 unspecified atom stereocenters. The molecule has 2 aromatic carbocycles. The number of amides is 2. The Morgan fingerprint density at radius 3 is 2.39 bits per heavy atom. The summed E-state index contributed by atoms with van der Waals surface area (Å²) in [5.74, 6) is -0.843. The number of hydrogen-bond donors (Lipinski definition) is 2. The molecule has 2 heterocycles. The van der Waals surface area contributed by atoms with Crippen LogP contribution in [0.2, 0.25) is 0 Å². The quantitative estimate of drug-likeness (QED) is 0.610. The van der Waals surface area contributed by atoms with Crippen LogP contribution in [0.1, 0.15) is 33.8 Å². The maximum Gasteiger partial charge on any atom is 0.291 e. The summed E-state index contributed by atoms with van der Waals surface area (Å²) >= 11 is 0. The molecule has 1 aliphatic heterocycles. The number of anilines is 2. The zero-order chi connectivity index (χ0) is 21.8. The summed E-state index contributed by atoms with van der Waals surface area (Å²) in [4.78, 5) is 25.3. The molecule has 0 bridgehead atoms. The Morgan fingerprint density at radius 1 is 0.871 bits per heavy atom.